The van der Waals surface area contributed by atoms with E-state index in [0.29, 0.717) is 0 Å². The van der Waals surface area contributed by atoms with Crippen molar-refractivity contribution in [2.45, 2.75) is 71.8 Å². The van der Waals surface area contributed by atoms with E-state index in [4.69, 9.17) is 0 Å². The Balaban J connectivity index is 0.000000924. The summed E-state index contributed by atoms with van der Waals surface area (Å²) < 4.78 is 0. The molecular weight excluding hydrogens is 282 g/mol. The van der Waals surface area contributed by atoms with Crippen LogP contribution in [-0.4, -0.2) is 61.7 Å². The lowest BCUT2D eigenvalue weighted by atomic mass is 9.80. The number of nitrogens with one attached hydrogen (secondary N) is 1. The molecule has 23 heavy (non-hydrogen) atoms. The molecule has 0 amide bonds. The molecule has 3 nitrogen and oxygen atoms in total. The highest BCUT2D eigenvalue weighted by Crippen LogP contribution is 2.31. The van der Waals surface area contributed by atoms with E-state index < -0.39 is 0 Å². The summed E-state index contributed by atoms with van der Waals surface area (Å²) in [7, 11) is 0. The molecule has 0 spiro atoms. The Hall–Kier alpha value is -0.120. The van der Waals surface area contributed by atoms with Crippen LogP contribution in [0.3, 0.4) is 0 Å². The molecule has 1 saturated carbocycles. The second-order valence-corrected chi connectivity index (χ2v) is 7.61. The van der Waals surface area contributed by atoms with Crippen LogP contribution < -0.4 is 5.32 Å². The lowest BCUT2D eigenvalue weighted by Gasteiger charge is -2.42. The van der Waals surface area contributed by atoms with Crippen molar-refractivity contribution >= 4 is 0 Å². The maximum Gasteiger partial charge on any atom is 0.0120 e. The van der Waals surface area contributed by atoms with Crippen LogP contribution in [0.25, 0.3) is 0 Å². The lowest BCUT2D eigenvalue weighted by Crippen LogP contribution is -2.53. The van der Waals surface area contributed by atoms with Crippen LogP contribution in [0.4, 0.5) is 0 Å². The van der Waals surface area contributed by atoms with Gasteiger partial charge in [-0.15, -0.1) is 0 Å². The summed E-state index contributed by atoms with van der Waals surface area (Å²) >= 11 is 0. The van der Waals surface area contributed by atoms with E-state index in [9.17, 15) is 0 Å². The Kier molecular flexibility index (Phi) is 8.92. The SMILES string of the molecule is CC.CCC1CCC(CN2CCN(C3CCNCC3)CC2)CC1. The Morgan fingerprint density at radius 3 is 1.91 bits per heavy atom. The van der Waals surface area contributed by atoms with Gasteiger partial charge < -0.3 is 10.2 Å². The molecule has 0 radical (unpaired) electrons. The standard InChI is InChI=1S/C18H35N3.C2H6/c1-2-16-3-5-17(6-4-16)15-20-11-13-21(14-12-20)18-7-9-19-10-8-18;1-2/h16-19H,2-15H2,1H3;1-2H3. The second-order valence-electron chi connectivity index (χ2n) is 7.61. The number of rotatable bonds is 4. The molecule has 1 N–H and O–H groups in total. The molecule has 0 atom stereocenters. The highest BCUT2D eigenvalue weighted by molar-refractivity contribution is 4.83. The van der Waals surface area contributed by atoms with Gasteiger partial charge in [0.15, 0.2) is 0 Å². The summed E-state index contributed by atoms with van der Waals surface area (Å²) in [5.74, 6) is 2.04. The average Bonchev–Trinajstić information content (AvgIpc) is 2.65. The first-order valence-electron chi connectivity index (χ1n) is 10.5. The maximum absolute atomic E-state index is 3.49. The van der Waals surface area contributed by atoms with E-state index >= 15 is 0 Å². The van der Waals surface area contributed by atoms with Gasteiger partial charge in [-0.05, 0) is 50.6 Å². The summed E-state index contributed by atoms with van der Waals surface area (Å²) in [6, 6.07) is 0.869. The molecule has 0 aromatic rings. The summed E-state index contributed by atoms with van der Waals surface area (Å²) in [4.78, 5) is 5.53. The molecule has 1 aliphatic carbocycles. The van der Waals surface area contributed by atoms with Gasteiger partial charge in [0.1, 0.15) is 0 Å². The quantitative estimate of drug-likeness (QED) is 0.853. The Labute approximate surface area is 145 Å². The first-order valence-corrected chi connectivity index (χ1v) is 10.5. The molecule has 0 unspecified atom stereocenters. The van der Waals surface area contributed by atoms with E-state index in [1.165, 1.54) is 90.8 Å². The van der Waals surface area contributed by atoms with Gasteiger partial charge in [0.2, 0.25) is 0 Å². The Morgan fingerprint density at radius 2 is 1.35 bits per heavy atom. The summed E-state index contributed by atoms with van der Waals surface area (Å²) in [6.07, 6.45) is 10.1. The van der Waals surface area contributed by atoms with Crippen LogP contribution >= 0.6 is 0 Å². The molecule has 3 fully saturated rings. The number of hydrogen-bond acceptors (Lipinski definition) is 3. The number of nitrogens with zero attached hydrogens (tertiary/aromatic N) is 2. The fourth-order valence-electron chi connectivity index (χ4n) is 4.67. The highest BCUT2D eigenvalue weighted by atomic mass is 15.3. The van der Waals surface area contributed by atoms with Crippen LogP contribution in [0.1, 0.15) is 65.7 Å². The topological polar surface area (TPSA) is 18.5 Å². The van der Waals surface area contributed by atoms with Crippen LogP contribution in [0.15, 0.2) is 0 Å². The Morgan fingerprint density at radius 1 is 0.783 bits per heavy atom. The summed E-state index contributed by atoms with van der Waals surface area (Å²) in [6.45, 7) is 15.5. The van der Waals surface area contributed by atoms with Gasteiger partial charge in [0.25, 0.3) is 0 Å². The average molecular weight is 324 g/mol. The molecular formula is C20H41N3. The third-order valence-corrected chi connectivity index (χ3v) is 6.29. The molecule has 0 bridgehead atoms. The van der Waals surface area contributed by atoms with Crippen molar-refractivity contribution < 1.29 is 0 Å². The molecule has 3 rings (SSSR count). The highest BCUT2D eigenvalue weighted by Gasteiger charge is 2.27. The molecule has 0 aromatic carbocycles. The number of piperazine rings is 1. The van der Waals surface area contributed by atoms with E-state index in [0.717, 1.165) is 17.9 Å². The zero-order chi connectivity index (χ0) is 16.5. The van der Waals surface area contributed by atoms with Gasteiger partial charge in [-0.25, -0.2) is 0 Å². The molecule has 3 aliphatic rings. The van der Waals surface area contributed by atoms with Gasteiger partial charge in [0, 0.05) is 38.8 Å². The monoisotopic (exact) mass is 323 g/mol. The minimum Gasteiger partial charge on any atom is -0.317 e. The molecule has 3 heteroatoms. The fourth-order valence-corrected chi connectivity index (χ4v) is 4.67. The summed E-state index contributed by atoms with van der Waals surface area (Å²) in [5.41, 5.74) is 0. The van der Waals surface area contributed by atoms with Gasteiger partial charge in [0.05, 0.1) is 0 Å². The van der Waals surface area contributed by atoms with E-state index in [1.54, 1.807) is 0 Å². The third kappa shape index (κ3) is 6.03. The maximum atomic E-state index is 3.49. The smallest absolute Gasteiger partial charge is 0.0120 e. The van der Waals surface area contributed by atoms with Crippen molar-refractivity contribution in [3.63, 3.8) is 0 Å². The number of piperidine rings is 1. The fraction of sp³-hybridized carbons (Fsp3) is 1.00. The van der Waals surface area contributed by atoms with Crippen LogP contribution in [0.5, 0.6) is 0 Å². The summed E-state index contributed by atoms with van der Waals surface area (Å²) in [5, 5.41) is 3.49. The van der Waals surface area contributed by atoms with E-state index in [-0.39, 0.29) is 0 Å². The molecule has 2 saturated heterocycles. The van der Waals surface area contributed by atoms with Gasteiger partial charge >= 0.3 is 0 Å². The first kappa shape index (κ1) is 19.2. The molecule has 136 valence electrons. The predicted molar refractivity (Wildman–Crippen MR) is 101 cm³/mol. The van der Waals surface area contributed by atoms with Crippen molar-refractivity contribution in [1.82, 2.24) is 15.1 Å². The molecule has 2 heterocycles. The predicted octanol–water partition coefficient (Wildman–Crippen LogP) is 3.60. The van der Waals surface area contributed by atoms with Crippen molar-refractivity contribution in [1.29, 1.82) is 0 Å². The van der Waals surface area contributed by atoms with E-state index in [2.05, 4.69) is 22.0 Å². The minimum absolute atomic E-state index is 0.869. The van der Waals surface area contributed by atoms with E-state index in [1.807, 2.05) is 13.8 Å². The largest absolute Gasteiger partial charge is 0.317 e. The first-order chi connectivity index (χ1) is 11.3. The van der Waals surface area contributed by atoms with Crippen molar-refractivity contribution in [3.8, 4) is 0 Å². The minimum atomic E-state index is 0.869. The second kappa shape index (κ2) is 10.7. The van der Waals surface area contributed by atoms with Crippen LogP contribution in [0.2, 0.25) is 0 Å². The van der Waals surface area contributed by atoms with Crippen molar-refractivity contribution in [3.05, 3.63) is 0 Å². The zero-order valence-corrected chi connectivity index (χ0v) is 16.0. The van der Waals surface area contributed by atoms with Gasteiger partial charge in [-0.1, -0.05) is 40.0 Å². The zero-order valence-electron chi connectivity index (χ0n) is 16.0. The Bertz CT molecular complexity index is 285. The van der Waals surface area contributed by atoms with Crippen molar-refractivity contribution in [2.75, 3.05) is 45.8 Å². The lowest BCUT2D eigenvalue weighted by molar-refractivity contribution is 0.0672. The molecule has 2 aliphatic heterocycles. The van der Waals surface area contributed by atoms with Gasteiger partial charge in [-0.3, -0.25) is 4.90 Å². The van der Waals surface area contributed by atoms with Gasteiger partial charge in [-0.2, -0.15) is 0 Å². The normalized spacial score (nSPS) is 31.4. The van der Waals surface area contributed by atoms with Crippen LogP contribution in [-0.2, 0) is 0 Å². The third-order valence-electron chi connectivity index (χ3n) is 6.29. The number of hydrogen-bond donors (Lipinski definition) is 1. The van der Waals surface area contributed by atoms with Crippen LogP contribution in [0, 0.1) is 11.8 Å². The molecule has 0 aromatic heterocycles. The van der Waals surface area contributed by atoms with Crippen molar-refractivity contribution in [2.24, 2.45) is 11.8 Å².